The van der Waals surface area contributed by atoms with Crippen LogP contribution in [-0.4, -0.2) is 113 Å². The number of hydrogen-bond acceptors (Lipinski definition) is 12. The summed E-state index contributed by atoms with van der Waals surface area (Å²) in [4.78, 5) is 82.1. The van der Waals surface area contributed by atoms with Gasteiger partial charge in [0.1, 0.15) is 34.9 Å². The highest BCUT2D eigenvalue weighted by Crippen LogP contribution is 2.26. The van der Waals surface area contributed by atoms with E-state index in [1.807, 2.05) is 0 Å². The van der Waals surface area contributed by atoms with Gasteiger partial charge in [0.15, 0.2) is 0 Å². The largest absolute Gasteiger partial charge is 0.641 e. The van der Waals surface area contributed by atoms with Crippen molar-refractivity contribution < 1.29 is 56.9 Å². The average molecular weight is 654 g/mol. The zero-order chi connectivity index (χ0) is 34.6. The van der Waals surface area contributed by atoms with Crippen molar-refractivity contribution >= 4 is 43.5 Å². The van der Waals surface area contributed by atoms with E-state index in [9.17, 15) is 28.8 Å². The zero-order valence-electron chi connectivity index (χ0n) is 28.4. The van der Waals surface area contributed by atoms with Crippen LogP contribution in [0.2, 0.25) is 0 Å². The van der Waals surface area contributed by atoms with Gasteiger partial charge in [0.2, 0.25) is 0 Å². The fraction of sp³-hybridized carbons (Fsp3) is 0.800. The van der Waals surface area contributed by atoms with Crippen LogP contribution in [0.25, 0.3) is 0 Å². The third-order valence-electron chi connectivity index (χ3n) is 7.10. The number of nitrogens with zero attached hydrogens (tertiary/aromatic N) is 3. The number of carbonyl (C=O) groups is 6. The van der Waals surface area contributed by atoms with E-state index in [1.165, 1.54) is 14.7 Å². The van der Waals surface area contributed by atoms with Gasteiger partial charge in [-0.1, -0.05) is 0 Å². The summed E-state index contributed by atoms with van der Waals surface area (Å²) in [5, 5.41) is 0. The SMILES string of the molecule is CC(C)(C)OC(=O)N1CCC[C@@H]1C(=O)O[B-](OC(=O)[C@H]1CCCN1C(=O)OC(C)(C)C)OC(=O)[C@@H]1CCCN1C(=O)OC(C)(C)C. The lowest BCUT2D eigenvalue weighted by atomic mass is 10.1. The summed E-state index contributed by atoms with van der Waals surface area (Å²) < 4.78 is 32.5. The smallest absolute Gasteiger partial charge is 0.526 e. The molecule has 0 unspecified atom stereocenters. The summed E-state index contributed by atoms with van der Waals surface area (Å²) in [6.45, 7) is 15.9. The minimum Gasteiger partial charge on any atom is -0.641 e. The first-order chi connectivity index (χ1) is 21.1. The standard InChI is InChI=1S/C30H48BN3O12/c1-28(2,3)41-25(38)32-16-10-13-19(32)22(35)44-31(45-23(36)20-14-11-17-33(20)26(39)42-29(4,5)6)46-24(37)21-15-12-18-34(21)27(40)43-30(7,8)9/h19-21H,10-18H2,1-9H3/q-1/t19-,20-,21+/m1/s1. The Morgan fingerprint density at radius 3 is 0.935 bits per heavy atom. The highest BCUT2D eigenvalue weighted by Gasteiger charge is 2.42. The summed E-state index contributed by atoms with van der Waals surface area (Å²) >= 11 is 0. The molecule has 3 rings (SSSR count). The van der Waals surface area contributed by atoms with Crippen molar-refractivity contribution in [2.75, 3.05) is 19.6 Å². The van der Waals surface area contributed by atoms with Crippen LogP contribution >= 0.6 is 0 Å². The second-order valence-electron chi connectivity index (χ2n) is 14.6. The number of ether oxygens (including phenoxy) is 3. The number of rotatable bonds is 6. The molecule has 3 atom stereocenters. The van der Waals surface area contributed by atoms with E-state index < -0.39 is 78.4 Å². The van der Waals surface area contributed by atoms with E-state index in [4.69, 9.17) is 28.2 Å². The molecule has 0 bridgehead atoms. The normalized spacial score (nSPS) is 22.0. The lowest BCUT2D eigenvalue weighted by molar-refractivity contribution is -0.153. The van der Waals surface area contributed by atoms with Gasteiger partial charge in [0.05, 0.1) is 0 Å². The Bertz CT molecular complexity index is 1030. The molecule has 3 amide bonds. The molecule has 0 N–H and O–H groups in total. The van der Waals surface area contributed by atoms with Crippen molar-refractivity contribution in [1.29, 1.82) is 0 Å². The summed E-state index contributed by atoms with van der Waals surface area (Å²) in [5.41, 5.74) is -2.45. The van der Waals surface area contributed by atoms with Gasteiger partial charge in [-0.15, -0.1) is 0 Å². The quantitative estimate of drug-likeness (QED) is 0.301. The third kappa shape index (κ3) is 10.4. The van der Waals surface area contributed by atoms with E-state index in [0.717, 1.165) is 0 Å². The highest BCUT2D eigenvalue weighted by molar-refractivity contribution is 6.44. The van der Waals surface area contributed by atoms with Crippen LogP contribution in [0.15, 0.2) is 0 Å². The number of likely N-dealkylation sites (tertiary alicyclic amines) is 3. The molecular formula is C30H48BN3O12-. The van der Waals surface area contributed by atoms with Crippen LogP contribution in [0.4, 0.5) is 14.4 Å². The molecule has 46 heavy (non-hydrogen) atoms. The molecule has 0 aromatic rings. The van der Waals surface area contributed by atoms with Gasteiger partial charge < -0.3 is 28.2 Å². The molecule has 3 fully saturated rings. The van der Waals surface area contributed by atoms with Gasteiger partial charge in [0, 0.05) is 19.6 Å². The van der Waals surface area contributed by atoms with Crippen LogP contribution in [-0.2, 0) is 42.6 Å². The minimum absolute atomic E-state index is 0.221. The van der Waals surface area contributed by atoms with Crippen LogP contribution in [0.3, 0.4) is 0 Å². The first kappa shape index (κ1) is 36.7. The topological polar surface area (TPSA) is 168 Å². The molecule has 3 heterocycles. The molecule has 1 radical (unpaired) electrons. The number of amides is 3. The third-order valence-corrected chi connectivity index (χ3v) is 7.10. The Morgan fingerprint density at radius 2 is 0.717 bits per heavy atom. The van der Waals surface area contributed by atoms with Gasteiger partial charge in [0.25, 0.3) is 17.9 Å². The molecule has 0 aromatic carbocycles. The van der Waals surface area contributed by atoms with Crippen LogP contribution in [0.5, 0.6) is 0 Å². The molecule has 0 spiro atoms. The van der Waals surface area contributed by atoms with Crippen molar-refractivity contribution in [1.82, 2.24) is 14.7 Å². The van der Waals surface area contributed by atoms with Crippen LogP contribution < -0.4 is 0 Å². The zero-order valence-corrected chi connectivity index (χ0v) is 28.4. The van der Waals surface area contributed by atoms with Gasteiger partial charge in [-0.2, -0.15) is 0 Å². The lowest BCUT2D eigenvalue weighted by Crippen LogP contribution is -2.50. The molecule has 0 aliphatic carbocycles. The van der Waals surface area contributed by atoms with Crippen molar-refractivity contribution in [3.05, 3.63) is 0 Å². The molecule has 0 aromatic heterocycles. The molecule has 16 heteroatoms. The maximum atomic E-state index is 13.4. The summed E-state index contributed by atoms with van der Waals surface area (Å²) in [5.74, 6) is -2.96. The van der Waals surface area contributed by atoms with E-state index >= 15 is 0 Å². The van der Waals surface area contributed by atoms with Gasteiger partial charge in [-0.3, -0.25) is 29.1 Å². The maximum Gasteiger partial charge on any atom is 0.526 e. The van der Waals surface area contributed by atoms with Gasteiger partial charge >= 0.3 is 25.6 Å². The lowest BCUT2D eigenvalue weighted by Gasteiger charge is -2.36. The molecule has 15 nitrogen and oxygen atoms in total. The molecule has 259 valence electrons. The molecule has 3 saturated heterocycles. The fourth-order valence-electron chi connectivity index (χ4n) is 5.24. The summed E-state index contributed by atoms with van der Waals surface area (Å²) in [7, 11) is -2.17. The minimum atomic E-state index is -2.17. The summed E-state index contributed by atoms with van der Waals surface area (Å²) in [6.07, 6.45) is -0.0548. The first-order valence-electron chi connectivity index (χ1n) is 15.8. The predicted molar refractivity (Wildman–Crippen MR) is 162 cm³/mol. The molecule has 3 aliphatic rings. The van der Waals surface area contributed by atoms with Gasteiger partial charge in [-0.05, 0) is 101 Å². The van der Waals surface area contributed by atoms with E-state index in [1.54, 1.807) is 62.3 Å². The van der Waals surface area contributed by atoms with Crippen LogP contribution in [0, 0.1) is 0 Å². The highest BCUT2D eigenvalue weighted by atomic mass is 16.8. The monoisotopic (exact) mass is 653 g/mol. The predicted octanol–water partition coefficient (Wildman–Crippen LogP) is 3.80. The molecule has 0 saturated carbocycles. The van der Waals surface area contributed by atoms with Crippen LogP contribution in [0.1, 0.15) is 101 Å². The molecular weight excluding hydrogens is 605 g/mol. The van der Waals surface area contributed by atoms with Crippen molar-refractivity contribution in [2.24, 2.45) is 0 Å². The Labute approximate surface area is 270 Å². The van der Waals surface area contributed by atoms with Crippen molar-refractivity contribution in [3.8, 4) is 0 Å². The van der Waals surface area contributed by atoms with E-state index in [0.29, 0.717) is 19.3 Å². The average Bonchev–Trinajstić information content (AvgIpc) is 3.66. The first-order valence-corrected chi connectivity index (χ1v) is 15.8. The maximum absolute atomic E-state index is 13.4. The molecule has 3 aliphatic heterocycles. The second kappa shape index (κ2) is 14.4. The van der Waals surface area contributed by atoms with E-state index in [2.05, 4.69) is 0 Å². The Kier molecular flexibility index (Phi) is 11.5. The van der Waals surface area contributed by atoms with Crippen molar-refractivity contribution in [3.63, 3.8) is 0 Å². The summed E-state index contributed by atoms with van der Waals surface area (Å²) in [6, 6.07) is -3.28. The number of hydrogen-bond donors (Lipinski definition) is 0. The van der Waals surface area contributed by atoms with E-state index in [-0.39, 0.29) is 38.9 Å². The Morgan fingerprint density at radius 1 is 0.478 bits per heavy atom. The van der Waals surface area contributed by atoms with Crippen molar-refractivity contribution in [2.45, 2.75) is 136 Å². The van der Waals surface area contributed by atoms with Gasteiger partial charge in [-0.25, -0.2) is 14.4 Å². The number of carbonyl (C=O) groups excluding carboxylic acids is 6. The Hall–Kier alpha value is -3.72. The Balaban J connectivity index is 1.80. The second-order valence-corrected chi connectivity index (χ2v) is 14.6. The fourth-order valence-corrected chi connectivity index (χ4v) is 5.24.